The van der Waals surface area contributed by atoms with E-state index in [4.69, 9.17) is 0 Å². The van der Waals surface area contributed by atoms with Crippen molar-refractivity contribution in [2.24, 2.45) is 5.41 Å². The molecule has 1 amide bonds. The molecule has 0 radical (unpaired) electrons. The van der Waals surface area contributed by atoms with Gasteiger partial charge in [-0.2, -0.15) is 0 Å². The summed E-state index contributed by atoms with van der Waals surface area (Å²) in [6, 6.07) is 4.27. The molecule has 104 valence electrons. The van der Waals surface area contributed by atoms with Crippen molar-refractivity contribution in [3.63, 3.8) is 0 Å². The third kappa shape index (κ3) is 3.17. The molecule has 1 heterocycles. The highest BCUT2D eigenvalue weighted by molar-refractivity contribution is 5.99. The average Bonchev–Trinajstić information content (AvgIpc) is 2.37. The van der Waals surface area contributed by atoms with Crippen LogP contribution in [0.4, 0.5) is 0 Å². The predicted octanol–water partition coefficient (Wildman–Crippen LogP) is 1.22. The monoisotopic (exact) mass is 264 g/mol. The van der Waals surface area contributed by atoms with Gasteiger partial charge in [0.15, 0.2) is 0 Å². The molecule has 1 unspecified atom stereocenters. The molecule has 5 heteroatoms. The fraction of sp³-hybridized carbons (Fsp3) is 0.500. The van der Waals surface area contributed by atoms with Crippen LogP contribution in [0.3, 0.4) is 0 Å². The second kappa shape index (κ2) is 5.48. The number of benzene rings is 1. The van der Waals surface area contributed by atoms with E-state index in [9.17, 15) is 15.0 Å². The third-order valence-electron chi connectivity index (χ3n) is 3.61. The van der Waals surface area contributed by atoms with Crippen molar-refractivity contribution >= 4 is 5.91 Å². The Morgan fingerprint density at radius 1 is 1.42 bits per heavy atom. The number of nitrogens with one attached hydrogen (secondary N) is 2. The number of phenolic OH excluding ortho intramolecular Hbond substituents is 2. The summed E-state index contributed by atoms with van der Waals surface area (Å²) in [6.45, 7) is 4.51. The van der Waals surface area contributed by atoms with Crippen LogP contribution >= 0.6 is 0 Å². The van der Waals surface area contributed by atoms with Crippen LogP contribution in [0.15, 0.2) is 18.2 Å². The normalized spacial score (nSPS) is 23.0. The Hall–Kier alpha value is -1.75. The fourth-order valence-corrected chi connectivity index (χ4v) is 2.41. The van der Waals surface area contributed by atoms with E-state index in [-0.39, 0.29) is 22.5 Å². The van der Waals surface area contributed by atoms with Gasteiger partial charge in [0.2, 0.25) is 0 Å². The van der Waals surface area contributed by atoms with E-state index < -0.39 is 5.91 Å². The molecule has 1 aliphatic rings. The minimum atomic E-state index is -0.442. The van der Waals surface area contributed by atoms with Gasteiger partial charge in [-0.05, 0) is 36.9 Å². The molecule has 1 fully saturated rings. The number of rotatable bonds is 3. The van der Waals surface area contributed by atoms with E-state index in [1.807, 2.05) is 0 Å². The highest BCUT2D eigenvalue weighted by Crippen LogP contribution is 2.27. The van der Waals surface area contributed by atoms with Crippen LogP contribution < -0.4 is 10.6 Å². The summed E-state index contributed by atoms with van der Waals surface area (Å²) >= 11 is 0. The predicted molar refractivity (Wildman–Crippen MR) is 72.3 cm³/mol. The van der Waals surface area contributed by atoms with Crippen LogP contribution in [0, 0.1) is 5.41 Å². The Kier molecular flexibility index (Phi) is 3.95. The fourth-order valence-electron chi connectivity index (χ4n) is 2.41. The zero-order valence-electron chi connectivity index (χ0n) is 11.1. The lowest BCUT2D eigenvalue weighted by Gasteiger charge is -2.34. The van der Waals surface area contributed by atoms with E-state index in [2.05, 4.69) is 17.6 Å². The van der Waals surface area contributed by atoms with E-state index in [1.54, 1.807) is 0 Å². The maximum absolute atomic E-state index is 12.0. The molecular weight excluding hydrogens is 244 g/mol. The number of piperidine rings is 1. The largest absolute Gasteiger partial charge is 0.507 e. The Bertz CT molecular complexity index is 448. The number of aromatic hydroxyl groups is 2. The van der Waals surface area contributed by atoms with Gasteiger partial charge >= 0.3 is 0 Å². The first-order valence-electron chi connectivity index (χ1n) is 6.52. The molecule has 1 aromatic rings. The van der Waals surface area contributed by atoms with Crippen LogP contribution in [0.2, 0.25) is 0 Å². The van der Waals surface area contributed by atoms with Gasteiger partial charge in [0.1, 0.15) is 17.1 Å². The molecule has 1 atom stereocenters. The topological polar surface area (TPSA) is 81.6 Å². The summed E-state index contributed by atoms with van der Waals surface area (Å²) < 4.78 is 0. The smallest absolute Gasteiger partial charge is 0.258 e. The number of hydrogen-bond donors (Lipinski definition) is 4. The van der Waals surface area contributed by atoms with Crippen molar-refractivity contribution in [3.05, 3.63) is 23.8 Å². The van der Waals surface area contributed by atoms with Gasteiger partial charge < -0.3 is 20.8 Å². The van der Waals surface area contributed by atoms with E-state index in [1.165, 1.54) is 18.2 Å². The summed E-state index contributed by atoms with van der Waals surface area (Å²) in [5.74, 6) is -0.851. The van der Waals surface area contributed by atoms with Gasteiger partial charge in [0.05, 0.1) is 0 Å². The van der Waals surface area contributed by atoms with Crippen LogP contribution in [0.1, 0.15) is 30.1 Å². The minimum absolute atomic E-state index is 0.0218. The molecule has 1 saturated heterocycles. The standard InChI is InChI=1S/C14H20N2O3/c1-14(6-3-7-15-8-14)9-16-13(19)12-10(17)4-2-5-11(12)18/h2,4-5,15,17-18H,3,6-9H2,1H3,(H,16,19). The van der Waals surface area contributed by atoms with Gasteiger partial charge in [-0.1, -0.05) is 13.0 Å². The Labute approximate surface area is 112 Å². The lowest BCUT2D eigenvalue weighted by atomic mass is 9.83. The Balaban J connectivity index is 2.01. The maximum Gasteiger partial charge on any atom is 0.258 e. The SMILES string of the molecule is CC1(CNC(=O)c2c(O)cccc2O)CCCNC1. The summed E-state index contributed by atoms with van der Waals surface area (Å²) in [5.41, 5.74) is -0.0386. The van der Waals surface area contributed by atoms with Gasteiger partial charge in [-0.3, -0.25) is 4.79 Å². The highest BCUT2D eigenvalue weighted by Gasteiger charge is 2.28. The minimum Gasteiger partial charge on any atom is -0.507 e. The van der Waals surface area contributed by atoms with Gasteiger partial charge in [0.25, 0.3) is 5.91 Å². The lowest BCUT2D eigenvalue weighted by Crippen LogP contribution is -2.45. The van der Waals surface area contributed by atoms with Crippen molar-refractivity contribution in [2.45, 2.75) is 19.8 Å². The first-order valence-corrected chi connectivity index (χ1v) is 6.52. The average molecular weight is 264 g/mol. The first kappa shape index (κ1) is 13.7. The number of carbonyl (C=O) groups excluding carboxylic acids is 1. The second-order valence-corrected chi connectivity index (χ2v) is 5.44. The van der Waals surface area contributed by atoms with Crippen LogP contribution in [-0.4, -0.2) is 35.8 Å². The molecule has 0 aliphatic carbocycles. The summed E-state index contributed by atoms with van der Waals surface area (Å²) in [7, 11) is 0. The lowest BCUT2D eigenvalue weighted by molar-refractivity contribution is 0.0919. The number of carbonyl (C=O) groups is 1. The molecule has 19 heavy (non-hydrogen) atoms. The molecule has 1 aromatic carbocycles. The van der Waals surface area contributed by atoms with E-state index >= 15 is 0 Å². The van der Waals surface area contributed by atoms with Crippen LogP contribution in [-0.2, 0) is 0 Å². The zero-order valence-corrected chi connectivity index (χ0v) is 11.1. The molecule has 1 aliphatic heterocycles. The quantitative estimate of drug-likeness (QED) is 0.661. The molecule has 0 aromatic heterocycles. The van der Waals surface area contributed by atoms with Gasteiger partial charge in [0, 0.05) is 13.1 Å². The molecule has 0 saturated carbocycles. The second-order valence-electron chi connectivity index (χ2n) is 5.44. The van der Waals surface area contributed by atoms with Crippen molar-refractivity contribution in [3.8, 4) is 11.5 Å². The van der Waals surface area contributed by atoms with Gasteiger partial charge in [-0.15, -0.1) is 0 Å². The van der Waals surface area contributed by atoms with E-state index in [0.29, 0.717) is 6.54 Å². The summed E-state index contributed by atoms with van der Waals surface area (Å²) in [5, 5.41) is 25.4. The number of amides is 1. The molecule has 4 N–H and O–H groups in total. The Morgan fingerprint density at radius 3 is 2.68 bits per heavy atom. The molecule has 5 nitrogen and oxygen atoms in total. The first-order chi connectivity index (χ1) is 9.02. The third-order valence-corrected chi connectivity index (χ3v) is 3.61. The summed E-state index contributed by atoms with van der Waals surface area (Å²) in [4.78, 5) is 12.0. The van der Waals surface area contributed by atoms with Crippen molar-refractivity contribution in [2.75, 3.05) is 19.6 Å². The van der Waals surface area contributed by atoms with Crippen molar-refractivity contribution < 1.29 is 15.0 Å². The molecule has 2 rings (SSSR count). The van der Waals surface area contributed by atoms with Crippen LogP contribution in [0.25, 0.3) is 0 Å². The molecular formula is C14H20N2O3. The van der Waals surface area contributed by atoms with Crippen molar-refractivity contribution in [1.82, 2.24) is 10.6 Å². The van der Waals surface area contributed by atoms with Gasteiger partial charge in [-0.25, -0.2) is 0 Å². The maximum atomic E-state index is 12.0. The molecule has 0 bridgehead atoms. The van der Waals surface area contributed by atoms with Crippen molar-refractivity contribution in [1.29, 1.82) is 0 Å². The zero-order chi connectivity index (χ0) is 13.9. The molecule has 0 spiro atoms. The highest BCUT2D eigenvalue weighted by atomic mass is 16.3. The van der Waals surface area contributed by atoms with E-state index in [0.717, 1.165) is 25.9 Å². The summed E-state index contributed by atoms with van der Waals surface area (Å²) in [6.07, 6.45) is 2.14. The number of phenols is 2. The van der Waals surface area contributed by atoms with Crippen LogP contribution in [0.5, 0.6) is 11.5 Å². The Morgan fingerprint density at radius 2 is 2.11 bits per heavy atom. The number of hydrogen-bond acceptors (Lipinski definition) is 4.